The molecule has 7 aromatic rings. The second kappa shape index (κ2) is 26.2. The molecule has 0 N–H and O–H groups in total. The van der Waals surface area contributed by atoms with Crippen LogP contribution in [-0.4, -0.2) is 12.5 Å². The molecule has 268 valence electrons. The summed E-state index contributed by atoms with van der Waals surface area (Å²) >= 11 is 0. The summed E-state index contributed by atoms with van der Waals surface area (Å²) in [4.78, 5) is 0. The van der Waals surface area contributed by atoms with Crippen LogP contribution in [-0.2, 0) is 39.2 Å². The Labute approximate surface area is 339 Å². The minimum atomic E-state index is -0.724. The molecule has 0 aliphatic carbocycles. The van der Waals surface area contributed by atoms with Gasteiger partial charge in [0.05, 0.1) is 0 Å². The normalized spacial score (nSPS) is 10.4. The average Bonchev–Trinajstić information content (AvgIpc) is 3.20. The molecule has 0 saturated carbocycles. The Balaban J connectivity index is 0.000000275. The number of hydrogen-bond donors (Lipinski definition) is 0. The van der Waals surface area contributed by atoms with E-state index in [-0.39, 0.29) is 32.1 Å². The first kappa shape index (κ1) is 42.8. The molecule has 0 bridgehead atoms. The predicted octanol–water partition coefficient (Wildman–Crippen LogP) is 12.2. The fourth-order valence-electron chi connectivity index (χ4n) is 4.97. The van der Waals surface area contributed by atoms with Crippen LogP contribution in [0.1, 0.15) is 27.8 Å². The average molecular weight is 787 g/mol. The molecular weight excluding hydrogens is 739 g/mol. The molecule has 0 amide bonds. The van der Waals surface area contributed by atoms with Crippen LogP contribution in [0.2, 0.25) is 0 Å². The molecule has 0 fully saturated rings. The second-order valence-corrected chi connectivity index (χ2v) is 14.0. The molecular formula is C49H48N2PZr-5. The number of rotatable bonds is 10. The molecule has 0 heterocycles. The van der Waals surface area contributed by atoms with Crippen LogP contribution in [0.4, 0.5) is 0 Å². The van der Waals surface area contributed by atoms with Gasteiger partial charge in [0.2, 0.25) is 0 Å². The van der Waals surface area contributed by atoms with Crippen molar-refractivity contribution < 1.29 is 26.2 Å². The van der Waals surface area contributed by atoms with Crippen molar-refractivity contribution in [2.24, 2.45) is 0 Å². The summed E-state index contributed by atoms with van der Waals surface area (Å²) in [6.45, 7) is 12.6. The van der Waals surface area contributed by atoms with Crippen LogP contribution in [0.25, 0.3) is 10.6 Å². The molecule has 7 rings (SSSR count). The van der Waals surface area contributed by atoms with Crippen molar-refractivity contribution >= 4 is 18.5 Å². The summed E-state index contributed by atoms with van der Waals surface area (Å²) in [7, 11) is -0.724. The Hall–Kier alpha value is -4.62. The molecule has 1 atom stereocenters. The standard InChI is InChI=1S/C28H27N2P.3C7H7.Zr/c1-5-13-24(14-6-1)21-22-29-28(30-23-25-15-7-2-8-16-25)31(26-17-9-3-10-18-26)27-19-11-4-12-20-27;3*1-7-5-3-2-4-6-7;/h1-20,28H,21-23H2;3*2-6H,1H2;/q-2;3*-1;. The number of hydrogen-bond acceptors (Lipinski definition) is 0. The van der Waals surface area contributed by atoms with E-state index in [1.165, 1.54) is 21.7 Å². The Morgan fingerprint density at radius 2 is 0.679 bits per heavy atom. The first-order valence-corrected chi connectivity index (χ1v) is 18.9. The van der Waals surface area contributed by atoms with E-state index in [9.17, 15) is 0 Å². The third-order valence-electron chi connectivity index (χ3n) is 7.64. The SMILES string of the molecule is [CH2-]c1ccccc1.[CH2-]c1ccccc1.[CH2-]c1ccccc1.[Zr].c1ccc(CC[N-]C([N-]Cc2ccccc2)P(c2ccccc2)c2ccccc2)cc1. The minimum Gasteiger partial charge on any atom is -0.673 e. The maximum absolute atomic E-state index is 5.15. The van der Waals surface area contributed by atoms with Crippen LogP contribution in [0.15, 0.2) is 212 Å². The van der Waals surface area contributed by atoms with Crippen LogP contribution in [0, 0.1) is 20.8 Å². The Morgan fingerprint density at radius 3 is 1.00 bits per heavy atom. The Bertz CT molecular complexity index is 1730. The molecule has 0 radical (unpaired) electrons. The zero-order valence-corrected chi connectivity index (χ0v) is 33.7. The molecule has 0 saturated heterocycles. The quantitative estimate of drug-likeness (QED) is 0.0976. The summed E-state index contributed by atoms with van der Waals surface area (Å²) < 4.78 is 0. The van der Waals surface area contributed by atoms with Crippen LogP contribution in [0.3, 0.4) is 0 Å². The van der Waals surface area contributed by atoms with Crippen molar-refractivity contribution in [3.05, 3.63) is 272 Å². The van der Waals surface area contributed by atoms with E-state index in [2.05, 4.69) is 136 Å². The summed E-state index contributed by atoms with van der Waals surface area (Å²) in [6, 6.07) is 72.2. The Morgan fingerprint density at radius 1 is 0.377 bits per heavy atom. The first-order chi connectivity index (χ1) is 25.6. The fourth-order valence-corrected chi connectivity index (χ4v) is 7.31. The van der Waals surface area contributed by atoms with Gasteiger partial charge in [0, 0.05) is 26.2 Å². The summed E-state index contributed by atoms with van der Waals surface area (Å²) in [5.41, 5.74) is 5.76. The van der Waals surface area contributed by atoms with Crippen molar-refractivity contribution in [1.82, 2.24) is 0 Å². The van der Waals surface area contributed by atoms with Crippen LogP contribution >= 0.6 is 7.92 Å². The largest absolute Gasteiger partial charge is 0.673 e. The van der Waals surface area contributed by atoms with Gasteiger partial charge in [-0.05, 0) is 22.6 Å². The molecule has 0 aromatic heterocycles. The molecule has 2 nitrogen and oxygen atoms in total. The molecule has 0 spiro atoms. The van der Waals surface area contributed by atoms with E-state index in [1.54, 1.807) is 0 Å². The molecule has 7 aromatic carbocycles. The van der Waals surface area contributed by atoms with E-state index in [1.807, 2.05) is 97.1 Å². The number of nitrogens with zero attached hydrogens (tertiary/aromatic N) is 2. The van der Waals surface area contributed by atoms with Gasteiger partial charge in [-0.3, -0.25) is 0 Å². The van der Waals surface area contributed by atoms with Crippen LogP contribution in [0.5, 0.6) is 0 Å². The van der Waals surface area contributed by atoms with Crippen molar-refractivity contribution in [3.63, 3.8) is 0 Å². The van der Waals surface area contributed by atoms with Gasteiger partial charge < -0.3 is 10.6 Å². The Kier molecular flexibility index (Phi) is 21.1. The van der Waals surface area contributed by atoms with Crippen molar-refractivity contribution in [2.45, 2.75) is 18.9 Å². The fraction of sp³-hybridized carbons (Fsp3) is 0.0816. The van der Waals surface area contributed by atoms with E-state index in [0.717, 1.165) is 29.7 Å². The predicted molar refractivity (Wildman–Crippen MR) is 227 cm³/mol. The molecule has 0 aliphatic heterocycles. The smallest absolute Gasteiger partial charge is 0 e. The minimum absolute atomic E-state index is 0. The zero-order chi connectivity index (χ0) is 36.5. The summed E-state index contributed by atoms with van der Waals surface area (Å²) in [6.07, 6.45) is 0.935. The van der Waals surface area contributed by atoms with Gasteiger partial charge in [-0.1, -0.05) is 153 Å². The molecule has 0 aliphatic rings. The molecule has 1 unspecified atom stereocenters. The van der Waals surface area contributed by atoms with E-state index < -0.39 is 7.92 Å². The topological polar surface area (TPSA) is 28.2 Å². The first-order valence-electron chi connectivity index (χ1n) is 17.5. The molecule has 53 heavy (non-hydrogen) atoms. The van der Waals surface area contributed by atoms with Crippen molar-refractivity contribution in [3.8, 4) is 0 Å². The van der Waals surface area contributed by atoms with Crippen LogP contribution < -0.4 is 10.6 Å². The van der Waals surface area contributed by atoms with Gasteiger partial charge in [-0.25, -0.2) is 5.91 Å². The maximum atomic E-state index is 5.15. The van der Waals surface area contributed by atoms with Crippen molar-refractivity contribution in [1.29, 1.82) is 0 Å². The van der Waals surface area contributed by atoms with E-state index in [4.69, 9.17) is 10.6 Å². The zero-order valence-electron chi connectivity index (χ0n) is 30.4. The summed E-state index contributed by atoms with van der Waals surface area (Å²) in [5, 5.41) is 12.9. The van der Waals surface area contributed by atoms with Gasteiger partial charge in [0.15, 0.2) is 0 Å². The van der Waals surface area contributed by atoms with Gasteiger partial charge in [0.1, 0.15) is 0 Å². The summed E-state index contributed by atoms with van der Waals surface area (Å²) in [5.74, 6) is -0.0799. The van der Waals surface area contributed by atoms with E-state index >= 15 is 0 Å². The van der Waals surface area contributed by atoms with E-state index in [0.29, 0.717) is 6.54 Å². The monoisotopic (exact) mass is 785 g/mol. The maximum Gasteiger partial charge on any atom is 0 e. The second-order valence-electron chi connectivity index (χ2n) is 11.8. The number of benzene rings is 7. The van der Waals surface area contributed by atoms with Gasteiger partial charge in [-0.2, -0.15) is 73.9 Å². The van der Waals surface area contributed by atoms with Gasteiger partial charge in [0.25, 0.3) is 0 Å². The van der Waals surface area contributed by atoms with Crippen molar-refractivity contribution in [2.75, 3.05) is 6.54 Å². The third-order valence-corrected chi connectivity index (χ3v) is 10.1. The molecule has 4 heteroatoms. The third kappa shape index (κ3) is 17.6. The van der Waals surface area contributed by atoms with Gasteiger partial charge >= 0.3 is 0 Å². The van der Waals surface area contributed by atoms with Gasteiger partial charge in [-0.15, -0.1) is 49.5 Å².